The number of aliphatic hydroxyl groups excluding tert-OH is 1. The van der Waals surface area contributed by atoms with Crippen LogP contribution in [0.2, 0.25) is 0 Å². The van der Waals surface area contributed by atoms with Crippen molar-refractivity contribution < 1.29 is 19.1 Å². The predicted molar refractivity (Wildman–Crippen MR) is 80.5 cm³/mol. The van der Waals surface area contributed by atoms with Gasteiger partial charge >= 0.3 is 0 Å². The number of nitrogens with zero attached hydrogens (tertiary/aromatic N) is 1. The number of nitrogens with one attached hydrogen (secondary N) is 1. The summed E-state index contributed by atoms with van der Waals surface area (Å²) in [5.74, 6) is 0.885. The fourth-order valence-corrected chi connectivity index (χ4v) is 3.87. The summed E-state index contributed by atoms with van der Waals surface area (Å²) in [6.45, 7) is 1.56. The Balaban J connectivity index is 1.72. The topological polar surface area (TPSA) is 74.9 Å². The molecule has 0 unspecified atom stereocenters. The summed E-state index contributed by atoms with van der Waals surface area (Å²) in [7, 11) is 3.35. The molecule has 1 saturated heterocycles. The standard InChI is InChI=1S/C16H24N2O4/c1-17-15(20)13-4-3-12(22-13)10-18-8-7-16(21-2)6-5-11(19)9-14(16)18/h3-4,11,14,19H,5-10H2,1-2H3,(H,17,20)/t11-,14+,16-/m1/s1. The van der Waals surface area contributed by atoms with Crippen LogP contribution >= 0.6 is 0 Å². The first-order chi connectivity index (χ1) is 10.6. The molecule has 1 aliphatic heterocycles. The molecule has 0 aromatic carbocycles. The van der Waals surface area contributed by atoms with Crippen molar-refractivity contribution in [1.29, 1.82) is 0 Å². The van der Waals surface area contributed by atoms with E-state index in [0.29, 0.717) is 12.3 Å². The fraction of sp³-hybridized carbons (Fsp3) is 0.688. The number of carbonyl (C=O) groups excluding carboxylic acids is 1. The maximum absolute atomic E-state index is 11.6. The second-order valence-electron chi connectivity index (χ2n) is 6.28. The minimum Gasteiger partial charge on any atom is -0.455 e. The SMILES string of the molecule is CNC(=O)c1ccc(CN2CC[C@]3(OC)CC[C@@H](O)C[C@H]23)o1. The molecular formula is C16H24N2O4. The van der Waals surface area contributed by atoms with Crippen molar-refractivity contribution in [1.82, 2.24) is 10.2 Å². The fourth-order valence-electron chi connectivity index (χ4n) is 3.87. The summed E-state index contributed by atoms with van der Waals surface area (Å²) in [5, 5.41) is 12.6. The molecule has 1 aromatic heterocycles. The van der Waals surface area contributed by atoms with Crippen molar-refractivity contribution in [3.8, 4) is 0 Å². The van der Waals surface area contributed by atoms with Crippen LogP contribution in [0.5, 0.6) is 0 Å². The summed E-state index contributed by atoms with van der Waals surface area (Å²) in [6.07, 6.45) is 3.15. The predicted octanol–water partition coefficient (Wildman–Crippen LogP) is 1.14. The molecule has 0 bridgehead atoms. The zero-order valence-corrected chi connectivity index (χ0v) is 13.2. The third-order valence-electron chi connectivity index (χ3n) is 5.14. The first-order valence-corrected chi connectivity index (χ1v) is 7.86. The number of carbonyl (C=O) groups is 1. The molecule has 2 heterocycles. The molecule has 1 aromatic rings. The monoisotopic (exact) mass is 308 g/mol. The average Bonchev–Trinajstić information content (AvgIpc) is 3.13. The minimum atomic E-state index is -0.257. The molecule has 1 aliphatic carbocycles. The quantitative estimate of drug-likeness (QED) is 0.872. The Morgan fingerprint density at radius 1 is 1.55 bits per heavy atom. The summed E-state index contributed by atoms with van der Waals surface area (Å²) in [4.78, 5) is 13.9. The van der Waals surface area contributed by atoms with Crippen LogP contribution in [-0.4, -0.2) is 54.4 Å². The molecule has 122 valence electrons. The lowest BCUT2D eigenvalue weighted by Gasteiger charge is -2.42. The van der Waals surface area contributed by atoms with E-state index >= 15 is 0 Å². The number of methoxy groups -OCH3 is 1. The maximum atomic E-state index is 11.6. The van der Waals surface area contributed by atoms with E-state index in [2.05, 4.69) is 10.2 Å². The zero-order valence-electron chi connectivity index (χ0n) is 13.2. The first-order valence-electron chi connectivity index (χ1n) is 7.86. The summed E-state index contributed by atoms with van der Waals surface area (Å²) in [5.41, 5.74) is -0.143. The molecular weight excluding hydrogens is 284 g/mol. The van der Waals surface area contributed by atoms with Gasteiger partial charge in [0, 0.05) is 26.7 Å². The normalized spacial score (nSPS) is 32.0. The van der Waals surface area contributed by atoms with Gasteiger partial charge in [-0.15, -0.1) is 0 Å². The van der Waals surface area contributed by atoms with Gasteiger partial charge in [0.15, 0.2) is 5.76 Å². The highest BCUT2D eigenvalue weighted by atomic mass is 16.5. The Labute approximate surface area is 130 Å². The minimum absolute atomic E-state index is 0.143. The van der Waals surface area contributed by atoms with Gasteiger partial charge in [0.05, 0.1) is 18.2 Å². The van der Waals surface area contributed by atoms with Crippen molar-refractivity contribution in [3.63, 3.8) is 0 Å². The van der Waals surface area contributed by atoms with Crippen molar-refractivity contribution in [2.24, 2.45) is 0 Å². The van der Waals surface area contributed by atoms with E-state index in [-0.39, 0.29) is 23.7 Å². The molecule has 0 spiro atoms. The van der Waals surface area contributed by atoms with Crippen LogP contribution in [-0.2, 0) is 11.3 Å². The van der Waals surface area contributed by atoms with Gasteiger partial charge in [0.25, 0.3) is 5.91 Å². The highest BCUT2D eigenvalue weighted by Gasteiger charge is 2.50. The smallest absolute Gasteiger partial charge is 0.286 e. The average molecular weight is 308 g/mol. The number of fused-ring (bicyclic) bond motifs is 1. The van der Waals surface area contributed by atoms with E-state index in [9.17, 15) is 9.90 Å². The van der Waals surface area contributed by atoms with Crippen molar-refractivity contribution in [2.45, 2.75) is 50.0 Å². The number of rotatable bonds is 4. The zero-order chi connectivity index (χ0) is 15.7. The van der Waals surface area contributed by atoms with E-state index in [1.807, 2.05) is 6.07 Å². The third-order valence-corrected chi connectivity index (χ3v) is 5.14. The second-order valence-corrected chi connectivity index (χ2v) is 6.28. The van der Waals surface area contributed by atoms with Crippen LogP contribution in [0.4, 0.5) is 0 Å². The first kappa shape index (κ1) is 15.5. The van der Waals surface area contributed by atoms with E-state index in [1.165, 1.54) is 0 Å². The van der Waals surface area contributed by atoms with Gasteiger partial charge in [-0.05, 0) is 37.8 Å². The highest BCUT2D eigenvalue weighted by molar-refractivity contribution is 5.91. The van der Waals surface area contributed by atoms with E-state index in [0.717, 1.165) is 38.0 Å². The molecule has 2 aliphatic rings. The van der Waals surface area contributed by atoms with Crippen LogP contribution in [0, 0.1) is 0 Å². The van der Waals surface area contributed by atoms with E-state index in [4.69, 9.17) is 9.15 Å². The van der Waals surface area contributed by atoms with Crippen molar-refractivity contribution >= 4 is 5.91 Å². The number of ether oxygens (including phenoxy) is 1. The lowest BCUT2D eigenvalue weighted by atomic mass is 9.79. The van der Waals surface area contributed by atoms with Gasteiger partial charge in [0.1, 0.15) is 5.76 Å². The third kappa shape index (κ3) is 2.66. The molecule has 3 atom stereocenters. The van der Waals surface area contributed by atoms with Crippen LogP contribution in [0.15, 0.2) is 16.5 Å². The number of furan rings is 1. The Kier molecular flexibility index (Phi) is 4.25. The summed E-state index contributed by atoms with van der Waals surface area (Å²) < 4.78 is 11.4. The van der Waals surface area contributed by atoms with E-state index in [1.54, 1.807) is 20.2 Å². The number of hydrogen-bond acceptors (Lipinski definition) is 5. The Morgan fingerprint density at radius 2 is 2.36 bits per heavy atom. The molecule has 3 rings (SSSR count). The Hall–Kier alpha value is -1.37. The molecule has 0 radical (unpaired) electrons. The molecule has 6 heteroatoms. The molecule has 1 amide bonds. The molecule has 1 saturated carbocycles. The number of hydrogen-bond donors (Lipinski definition) is 2. The molecule has 22 heavy (non-hydrogen) atoms. The van der Waals surface area contributed by atoms with Crippen LogP contribution in [0.3, 0.4) is 0 Å². The highest BCUT2D eigenvalue weighted by Crippen LogP contribution is 2.42. The van der Waals surface area contributed by atoms with E-state index < -0.39 is 0 Å². The van der Waals surface area contributed by atoms with Gasteiger partial charge in [-0.2, -0.15) is 0 Å². The number of aliphatic hydroxyl groups is 1. The van der Waals surface area contributed by atoms with Crippen molar-refractivity contribution in [3.05, 3.63) is 23.7 Å². The molecule has 6 nitrogen and oxygen atoms in total. The largest absolute Gasteiger partial charge is 0.455 e. The van der Waals surface area contributed by atoms with Crippen LogP contribution in [0.1, 0.15) is 42.0 Å². The van der Waals surface area contributed by atoms with Crippen LogP contribution in [0.25, 0.3) is 0 Å². The van der Waals surface area contributed by atoms with Gasteiger partial charge in [0.2, 0.25) is 0 Å². The lowest BCUT2D eigenvalue weighted by molar-refractivity contribution is -0.0885. The lowest BCUT2D eigenvalue weighted by Crippen LogP contribution is -2.51. The van der Waals surface area contributed by atoms with Gasteiger partial charge in [-0.1, -0.05) is 0 Å². The van der Waals surface area contributed by atoms with Crippen LogP contribution < -0.4 is 5.32 Å². The van der Waals surface area contributed by atoms with Gasteiger partial charge in [-0.3, -0.25) is 9.69 Å². The Bertz CT molecular complexity index is 544. The summed E-state index contributed by atoms with van der Waals surface area (Å²) >= 11 is 0. The maximum Gasteiger partial charge on any atom is 0.286 e. The summed E-state index contributed by atoms with van der Waals surface area (Å²) in [6, 6.07) is 3.75. The second kappa shape index (κ2) is 6.02. The Morgan fingerprint density at radius 3 is 3.09 bits per heavy atom. The number of amides is 1. The van der Waals surface area contributed by atoms with Gasteiger partial charge < -0.3 is 19.6 Å². The van der Waals surface area contributed by atoms with Gasteiger partial charge in [-0.25, -0.2) is 0 Å². The molecule has 2 N–H and O–H groups in total. The van der Waals surface area contributed by atoms with Crippen molar-refractivity contribution in [2.75, 3.05) is 20.7 Å². The molecule has 2 fully saturated rings. The number of likely N-dealkylation sites (tertiary alicyclic amines) is 1.